The van der Waals surface area contributed by atoms with Crippen molar-refractivity contribution in [1.29, 1.82) is 0 Å². The van der Waals surface area contributed by atoms with Gasteiger partial charge in [0.2, 0.25) is 5.91 Å². The van der Waals surface area contributed by atoms with Gasteiger partial charge < -0.3 is 15.0 Å². The molecule has 6 nitrogen and oxygen atoms in total. The number of carbonyl (C=O) groups is 2. The number of benzene rings is 1. The zero-order valence-corrected chi connectivity index (χ0v) is 14.4. The third-order valence-electron chi connectivity index (χ3n) is 4.65. The van der Waals surface area contributed by atoms with Gasteiger partial charge in [0, 0.05) is 12.7 Å². The van der Waals surface area contributed by atoms with Gasteiger partial charge in [0.25, 0.3) is 5.91 Å². The second-order valence-electron chi connectivity index (χ2n) is 6.58. The fraction of sp³-hybridized carbons (Fsp3) is 0.556. The molecule has 3 rings (SSSR count). The number of amides is 2. The van der Waals surface area contributed by atoms with Gasteiger partial charge in [0.05, 0.1) is 12.2 Å². The molecule has 0 aliphatic carbocycles. The summed E-state index contributed by atoms with van der Waals surface area (Å²) in [5.41, 5.74) is 1.37. The smallest absolute Gasteiger partial charge is 0.267 e. The normalized spacial score (nSPS) is 21.7. The second kappa shape index (κ2) is 7.21. The molecule has 2 aliphatic heterocycles. The molecule has 1 aromatic rings. The van der Waals surface area contributed by atoms with Gasteiger partial charge >= 0.3 is 0 Å². The molecule has 1 aromatic carbocycles. The molecular weight excluding hydrogens is 306 g/mol. The highest BCUT2D eigenvalue weighted by Gasteiger charge is 2.29. The topological polar surface area (TPSA) is 61.9 Å². The summed E-state index contributed by atoms with van der Waals surface area (Å²) >= 11 is 0. The van der Waals surface area contributed by atoms with E-state index in [9.17, 15) is 9.59 Å². The first kappa shape index (κ1) is 16.8. The Bertz CT molecular complexity index is 624. The Labute approximate surface area is 142 Å². The molecule has 2 heterocycles. The number of carbonyl (C=O) groups excluding carboxylic acids is 2. The first-order valence-electron chi connectivity index (χ1n) is 8.65. The lowest BCUT2D eigenvalue weighted by Gasteiger charge is -2.30. The minimum absolute atomic E-state index is 0.0177. The first-order chi connectivity index (χ1) is 11.5. The molecule has 0 saturated carbocycles. The van der Waals surface area contributed by atoms with E-state index in [0.717, 1.165) is 25.9 Å². The zero-order valence-electron chi connectivity index (χ0n) is 14.4. The highest BCUT2D eigenvalue weighted by Crippen LogP contribution is 2.35. The van der Waals surface area contributed by atoms with Crippen LogP contribution < -0.4 is 15.0 Å². The Kier molecular flexibility index (Phi) is 5.04. The molecule has 130 valence electrons. The Morgan fingerprint density at radius 2 is 1.96 bits per heavy atom. The van der Waals surface area contributed by atoms with Crippen molar-refractivity contribution in [2.24, 2.45) is 0 Å². The lowest BCUT2D eigenvalue weighted by molar-refractivity contribution is -0.125. The third kappa shape index (κ3) is 3.70. The van der Waals surface area contributed by atoms with Crippen molar-refractivity contribution in [2.75, 3.05) is 36.9 Å². The number of hydrogen-bond acceptors (Lipinski definition) is 4. The van der Waals surface area contributed by atoms with Crippen LogP contribution >= 0.6 is 0 Å². The van der Waals surface area contributed by atoms with Crippen molar-refractivity contribution in [3.05, 3.63) is 18.2 Å². The standard InChI is InChI=1S/C18H25N3O3/c1-13-18(23)20(2)15-11-14(7-8-16(15)24-13)19-17(22)12-21-9-5-3-4-6-10-21/h7-8,11,13H,3-6,9-10,12H2,1-2H3,(H,19,22). The highest BCUT2D eigenvalue weighted by atomic mass is 16.5. The first-order valence-corrected chi connectivity index (χ1v) is 8.65. The largest absolute Gasteiger partial charge is 0.479 e. The van der Waals surface area contributed by atoms with Crippen molar-refractivity contribution >= 4 is 23.2 Å². The molecule has 1 fully saturated rings. The van der Waals surface area contributed by atoms with E-state index < -0.39 is 6.10 Å². The van der Waals surface area contributed by atoms with Crippen molar-refractivity contribution in [1.82, 2.24) is 4.90 Å². The SMILES string of the molecule is CC1Oc2ccc(NC(=O)CN3CCCCCC3)cc2N(C)C1=O. The average Bonchev–Trinajstić information content (AvgIpc) is 2.82. The summed E-state index contributed by atoms with van der Waals surface area (Å²) in [4.78, 5) is 28.1. The van der Waals surface area contributed by atoms with E-state index in [2.05, 4.69) is 10.2 Å². The van der Waals surface area contributed by atoms with Crippen molar-refractivity contribution < 1.29 is 14.3 Å². The molecule has 1 atom stereocenters. The van der Waals surface area contributed by atoms with Gasteiger partial charge in [-0.05, 0) is 51.1 Å². The van der Waals surface area contributed by atoms with E-state index in [0.29, 0.717) is 23.7 Å². The van der Waals surface area contributed by atoms with Crippen LogP contribution in [0.15, 0.2) is 18.2 Å². The van der Waals surface area contributed by atoms with Gasteiger partial charge in [-0.3, -0.25) is 14.5 Å². The number of likely N-dealkylation sites (N-methyl/N-ethyl adjacent to an activating group) is 1. The number of rotatable bonds is 3. The predicted molar refractivity (Wildman–Crippen MR) is 93.5 cm³/mol. The minimum atomic E-state index is -0.481. The lowest BCUT2D eigenvalue weighted by atomic mass is 10.2. The van der Waals surface area contributed by atoms with E-state index in [1.165, 1.54) is 12.8 Å². The predicted octanol–water partition coefficient (Wildman–Crippen LogP) is 2.24. The number of likely N-dealkylation sites (tertiary alicyclic amines) is 1. The molecule has 0 radical (unpaired) electrons. The summed E-state index contributed by atoms with van der Waals surface area (Å²) < 4.78 is 5.60. The van der Waals surface area contributed by atoms with Gasteiger partial charge in [0.1, 0.15) is 5.75 Å². The summed E-state index contributed by atoms with van der Waals surface area (Å²) in [6, 6.07) is 5.41. The Balaban J connectivity index is 1.65. The highest BCUT2D eigenvalue weighted by molar-refractivity contribution is 6.00. The summed E-state index contributed by atoms with van der Waals surface area (Å²) in [5.74, 6) is 0.557. The maximum atomic E-state index is 12.3. The van der Waals surface area contributed by atoms with Crippen molar-refractivity contribution in [3.63, 3.8) is 0 Å². The fourth-order valence-electron chi connectivity index (χ4n) is 3.29. The summed E-state index contributed by atoms with van der Waals surface area (Å²) in [6.07, 6.45) is 4.35. The van der Waals surface area contributed by atoms with E-state index in [4.69, 9.17) is 4.74 Å². The lowest BCUT2D eigenvalue weighted by Crippen LogP contribution is -2.42. The molecule has 0 spiro atoms. The molecule has 1 saturated heterocycles. The second-order valence-corrected chi connectivity index (χ2v) is 6.58. The summed E-state index contributed by atoms with van der Waals surface area (Å²) in [6.45, 7) is 4.12. The number of anilines is 2. The fourth-order valence-corrected chi connectivity index (χ4v) is 3.29. The van der Waals surface area contributed by atoms with E-state index in [1.54, 1.807) is 31.0 Å². The molecular formula is C18H25N3O3. The van der Waals surface area contributed by atoms with Crippen LogP contribution in [0.2, 0.25) is 0 Å². The van der Waals surface area contributed by atoms with Gasteiger partial charge in [-0.15, -0.1) is 0 Å². The van der Waals surface area contributed by atoms with E-state index in [-0.39, 0.29) is 11.8 Å². The molecule has 1 N–H and O–H groups in total. The van der Waals surface area contributed by atoms with Crippen LogP contribution in [0.25, 0.3) is 0 Å². The molecule has 0 aromatic heterocycles. The number of ether oxygens (including phenoxy) is 1. The molecule has 1 unspecified atom stereocenters. The Morgan fingerprint density at radius 1 is 1.25 bits per heavy atom. The van der Waals surface area contributed by atoms with Crippen LogP contribution in [0, 0.1) is 0 Å². The van der Waals surface area contributed by atoms with Crippen molar-refractivity contribution in [2.45, 2.75) is 38.7 Å². The van der Waals surface area contributed by atoms with Crippen LogP contribution in [0.1, 0.15) is 32.6 Å². The molecule has 24 heavy (non-hydrogen) atoms. The maximum Gasteiger partial charge on any atom is 0.267 e. The monoisotopic (exact) mass is 331 g/mol. The molecule has 0 bridgehead atoms. The van der Waals surface area contributed by atoms with Crippen LogP contribution in [-0.4, -0.2) is 49.5 Å². The maximum absolute atomic E-state index is 12.3. The van der Waals surface area contributed by atoms with Gasteiger partial charge in [0.15, 0.2) is 6.10 Å². The van der Waals surface area contributed by atoms with Crippen LogP contribution in [-0.2, 0) is 9.59 Å². The van der Waals surface area contributed by atoms with Gasteiger partial charge in [-0.1, -0.05) is 12.8 Å². The quantitative estimate of drug-likeness (QED) is 0.923. The molecule has 6 heteroatoms. The van der Waals surface area contributed by atoms with E-state index >= 15 is 0 Å². The summed E-state index contributed by atoms with van der Waals surface area (Å²) in [7, 11) is 1.73. The number of hydrogen-bond donors (Lipinski definition) is 1. The average molecular weight is 331 g/mol. The molecule has 2 amide bonds. The van der Waals surface area contributed by atoms with Crippen LogP contribution in [0.5, 0.6) is 5.75 Å². The summed E-state index contributed by atoms with van der Waals surface area (Å²) in [5, 5.41) is 2.93. The Hall–Kier alpha value is -2.08. The number of nitrogens with one attached hydrogen (secondary N) is 1. The van der Waals surface area contributed by atoms with E-state index in [1.807, 2.05) is 6.07 Å². The zero-order chi connectivity index (χ0) is 17.1. The minimum Gasteiger partial charge on any atom is -0.479 e. The van der Waals surface area contributed by atoms with Gasteiger partial charge in [-0.2, -0.15) is 0 Å². The number of nitrogens with zero attached hydrogens (tertiary/aromatic N) is 2. The molecule has 2 aliphatic rings. The van der Waals surface area contributed by atoms with Crippen LogP contribution in [0.3, 0.4) is 0 Å². The number of fused-ring (bicyclic) bond motifs is 1. The third-order valence-corrected chi connectivity index (χ3v) is 4.65. The van der Waals surface area contributed by atoms with Gasteiger partial charge in [-0.25, -0.2) is 0 Å². The van der Waals surface area contributed by atoms with Crippen molar-refractivity contribution in [3.8, 4) is 5.75 Å². The van der Waals surface area contributed by atoms with Crippen LogP contribution in [0.4, 0.5) is 11.4 Å². The Morgan fingerprint density at radius 3 is 2.67 bits per heavy atom.